The third-order valence-corrected chi connectivity index (χ3v) is 4.17. The van der Waals surface area contributed by atoms with E-state index >= 15 is 0 Å². The fraction of sp³-hybridized carbons (Fsp3) is 0.533. The molecule has 2 aliphatic rings. The van der Waals surface area contributed by atoms with Crippen LogP contribution >= 0.6 is 0 Å². The van der Waals surface area contributed by atoms with Gasteiger partial charge in [-0.1, -0.05) is 6.07 Å². The van der Waals surface area contributed by atoms with Crippen LogP contribution in [0, 0.1) is 5.92 Å². The third kappa shape index (κ3) is 2.58. The Morgan fingerprint density at radius 2 is 2.15 bits per heavy atom. The van der Waals surface area contributed by atoms with Crippen LogP contribution in [-0.4, -0.2) is 41.9 Å². The first kappa shape index (κ1) is 13.2. The minimum absolute atomic E-state index is 0.178. The van der Waals surface area contributed by atoms with Crippen molar-refractivity contribution in [3.63, 3.8) is 0 Å². The molecule has 0 aliphatic carbocycles. The monoisotopic (exact) mass is 277 g/mol. The number of hydrogen-bond donors (Lipinski definition) is 1. The summed E-state index contributed by atoms with van der Waals surface area (Å²) in [5.74, 6) is 0.783. The average molecular weight is 277 g/mol. The maximum absolute atomic E-state index is 10.8. The molecule has 2 heterocycles. The van der Waals surface area contributed by atoms with Gasteiger partial charge in [0.1, 0.15) is 0 Å². The van der Waals surface area contributed by atoms with Gasteiger partial charge < -0.3 is 14.6 Å². The molecule has 1 saturated heterocycles. The summed E-state index contributed by atoms with van der Waals surface area (Å²) in [7, 11) is 0. The lowest BCUT2D eigenvalue weighted by molar-refractivity contribution is -0.148. The van der Waals surface area contributed by atoms with Crippen molar-refractivity contribution in [3.8, 4) is 11.5 Å². The summed E-state index contributed by atoms with van der Waals surface area (Å²) in [6, 6.07) is 6.46. The van der Waals surface area contributed by atoms with Gasteiger partial charge in [-0.2, -0.15) is 0 Å². The van der Waals surface area contributed by atoms with Crippen LogP contribution in [0.3, 0.4) is 0 Å². The van der Waals surface area contributed by atoms with E-state index in [1.165, 1.54) is 5.56 Å². The molecule has 2 aliphatic heterocycles. The summed E-state index contributed by atoms with van der Waals surface area (Å²) >= 11 is 0. The number of rotatable bonds is 5. The number of aryl methyl sites for hydroxylation is 1. The predicted molar refractivity (Wildman–Crippen MR) is 73.0 cm³/mol. The Hall–Kier alpha value is -1.75. The molecule has 0 saturated carbocycles. The number of carboxylic acids is 1. The fourth-order valence-electron chi connectivity index (χ4n) is 2.68. The zero-order chi connectivity index (χ0) is 14.1. The van der Waals surface area contributed by atoms with E-state index in [0.717, 1.165) is 24.3 Å². The van der Waals surface area contributed by atoms with E-state index in [1.807, 2.05) is 12.1 Å². The number of aliphatic carboxylic acids is 1. The van der Waals surface area contributed by atoms with Crippen LogP contribution in [0.2, 0.25) is 0 Å². The van der Waals surface area contributed by atoms with Crippen molar-refractivity contribution in [1.29, 1.82) is 0 Å². The number of benzene rings is 1. The molecule has 1 fully saturated rings. The van der Waals surface area contributed by atoms with Crippen LogP contribution in [-0.2, 0) is 11.2 Å². The Balaban J connectivity index is 1.49. The minimum Gasteiger partial charge on any atom is -0.481 e. The molecular formula is C15H19NO4. The lowest BCUT2D eigenvalue weighted by Gasteiger charge is -2.41. The average Bonchev–Trinajstić information content (AvgIpc) is 2.81. The standard InChI is InChI=1S/C15H19NO4/c1-10(16-7-12(8-16)15(17)18)2-3-11-4-5-13-14(6-11)20-9-19-13/h4-6,10,12H,2-3,7-9H2,1H3,(H,17,18). The van der Waals surface area contributed by atoms with Gasteiger partial charge in [0.2, 0.25) is 6.79 Å². The van der Waals surface area contributed by atoms with Crippen molar-refractivity contribution in [3.05, 3.63) is 23.8 Å². The first-order valence-corrected chi connectivity index (χ1v) is 6.99. The molecule has 1 aromatic carbocycles. The summed E-state index contributed by atoms with van der Waals surface area (Å²) in [5, 5.41) is 8.88. The third-order valence-electron chi connectivity index (χ3n) is 4.17. The molecular weight excluding hydrogens is 258 g/mol. The van der Waals surface area contributed by atoms with E-state index in [2.05, 4.69) is 17.9 Å². The molecule has 0 aromatic heterocycles. The first-order chi connectivity index (χ1) is 9.63. The summed E-state index contributed by atoms with van der Waals surface area (Å²) in [6.45, 7) is 3.82. The molecule has 0 spiro atoms. The Labute approximate surface area is 118 Å². The maximum atomic E-state index is 10.8. The van der Waals surface area contributed by atoms with Crippen molar-refractivity contribution >= 4 is 5.97 Å². The molecule has 5 nitrogen and oxygen atoms in total. The molecule has 1 atom stereocenters. The Morgan fingerprint density at radius 3 is 2.90 bits per heavy atom. The van der Waals surface area contributed by atoms with E-state index in [0.29, 0.717) is 25.9 Å². The lowest BCUT2D eigenvalue weighted by Crippen LogP contribution is -2.54. The quantitative estimate of drug-likeness (QED) is 0.888. The summed E-state index contributed by atoms with van der Waals surface area (Å²) < 4.78 is 10.7. The fourth-order valence-corrected chi connectivity index (χ4v) is 2.68. The van der Waals surface area contributed by atoms with E-state index in [4.69, 9.17) is 14.6 Å². The van der Waals surface area contributed by atoms with Crippen LogP contribution in [0.5, 0.6) is 11.5 Å². The molecule has 1 aromatic rings. The number of hydrogen-bond acceptors (Lipinski definition) is 4. The highest BCUT2D eigenvalue weighted by Gasteiger charge is 2.34. The molecule has 0 radical (unpaired) electrons. The lowest BCUT2D eigenvalue weighted by atomic mass is 9.95. The number of ether oxygens (including phenoxy) is 2. The van der Waals surface area contributed by atoms with Crippen LogP contribution in [0.15, 0.2) is 18.2 Å². The number of fused-ring (bicyclic) bond motifs is 1. The van der Waals surface area contributed by atoms with Crippen LogP contribution in [0.4, 0.5) is 0 Å². The Morgan fingerprint density at radius 1 is 1.40 bits per heavy atom. The summed E-state index contributed by atoms with van der Waals surface area (Å²) in [4.78, 5) is 13.0. The number of carbonyl (C=O) groups is 1. The van der Waals surface area contributed by atoms with E-state index < -0.39 is 5.97 Å². The second kappa shape index (κ2) is 5.32. The van der Waals surface area contributed by atoms with Gasteiger partial charge in [-0.15, -0.1) is 0 Å². The zero-order valence-corrected chi connectivity index (χ0v) is 11.5. The molecule has 1 N–H and O–H groups in total. The van der Waals surface area contributed by atoms with Crippen LogP contribution in [0.1, 0.15) is 18.9 Å². The van der Waals surface area contributed by atoms with Crippen LogP contribution < -0.4 is 9.47 Å². The van der Waals surface area contributed by atoms with Crippen molar-refractivity contribution in [1.82, 2.24) is 4.90 Å². The summed E-state index contributed by atoms with van der Waals surface area (Å²) in [6.07, 6.45) is 1.98. The second-order valence-electron chi connectivity index (χ2n) is 5.56. The largest absolute Gasteiger partial charge is 0.481 e. The van der Waals surface area contributed by atoms with Crippen molar-refractivity contribution in [2.75, 3.05) is 19.9 Å². The molecule has 0 amide bonds. The van der Waals surface area contributed by atoms with Gasteiger partial charge >= 0.3 is 5.97 Å². The highest BCUT2D eigenvalue weighted by molar-refractivity contribution is 5.71. The van der Waals surface area contributed by atoms with Crippen LogP contribution in [0.25, 0.3) is 0 Å². The van der Waals surface area contributed by atoms with Crippen molar-refractivity contribution < 1.29 is 19.4 Å². The number of nitrogens with zero attached hydrogens (tertiary/aromatic N) is 1. The van der Waals surface area contributed by atoms with Gasteiger partial charge in [0.15, 0.2) is 11.5 Å². The highest BCUT2D eigenvalue weighted by atomic mass is 16.7. The molecule has 108 valence electrons. The van der Waals surface area contributed by atoms with E-state index in [9.17, 15) is 4.79 Å². The maximum Gasteiger partial charge on any atom is 0.309 e. The topological polar surface area (TPSA) is 59.0 Å². The van der Waals surface area contributed by atoms with Gasteiger partial charge in [0.25, 0.3) is 0 Å². The van der Waals surface area contributed by atoms with E-state index in [1.54, 1.807) is 0 Å². The Bertz CT molecular complexity index is 511. The first-order valence-electron chi connectivity index (χ1n) is 6.99. The molecule has 5 heteroatoms. The van der Waals surface area contributed by atoms with Gasteiger partial charge in [-0.3, -0.25) is 9.69 Å². The number of carboxylic acid groups (broad SMARTS) is 1. The SMILES string of the molecule is CC(CCc1ccc2c(c1)OCO2)N1CC(C(=O)O)C1. The Kier molecular flexibility index (Phi) is 3.53. The van der Waals surface area contributed by atoms with Gasteiger partial charge in [-0.25, -0.2) is 0 Å². The van der Waals surface area contributed by atoms with Crippen molar-refractivity contribution in [2.24, 2.45) is 5.92 Å². The molecule has 3 rings (SSSR count). The minimum atomic E-state index is -0.677. The molecule has 1 unspecified atom stereocenters. The highest BCUT2D eigenvalue weighted by Crippen LogP contribution is 2.33. The van der Waals surface area contributed by atoms with Crippen molar-refractivity contribution in [2.45, 2.75) is 25.8 Å². The smallest absolute Gasteiger partial charge is 0.309 e. The molecule has 20 heavy (non-hydrogen) atoms. The second-order valence-corrected chi connectivity index (χ2v) is 5.56. The zero-order valence-electron chi connectivity index (χ0n) is 11.5. The van der Waals surface area contributed by atoms with Gasteiger partial charge in [-0.05, 0) is 37.5 Å². The molecule has 0 bridgehead atoms. The van der Waals surface area contributed by atoms with Gasteiger partial charge in [0, 0.05) is 19.1 Å². The van der Waals surface area contributed by atoms with Gasteiger partial charge in [0.05, 0.1) is 5.92 Å². The number of likely N-dealkylation sites (tertiary alicyclic amines) is 1. The normalized spacial score (nSPS) is 19.6. The summed E-state index contributed by atoms with van der Waals surface area (Å²) in [5.41, 5.74) is 1.23. The predicted octanol–water partition coefficient (Wildman–Crippen LogP) is 1.75. The van der Waals surface area contributed by atoms with E-state index in [-0.39, 0.29) is 5.92 Å².